The summed E-state index contributed by atoms with van der Waals surface area (Å²) in [5.41, 5.74) is 5.54. The minimum Gasteiger partial charge on any atom is -0.318 e. The Morgan fingerprint density at radius 3 is 2.41 bits per heavy atom. The number of anilines is 1. The van der Waals surface area contributed by atoms with Gasteiger partial charge in [0.05, 0.1) is 5.69 Å². The van der Waals surface area contributed by atoms with Gasteiger partial charge in [0.1, 0.15) is 5.57 Å². The Kier molecular flexibility index (Phi) is 6.00. The van der Waals surface area contributed by atoms with Crippen LogP contribution in [0.2, 0.25) is 5.02 Å². The van der Waals surface area contributed by atoms with Crippen molar-refractivity contribution in [2.75, 3.05) is 4.90 Å². The molecule has 1 fully saturated rings. The van der Waals surface area contributed by atoms with Gasteiger partial charge >= 0.3 is 0 Å². The number of thiocarbonyl (C=S) groups is 1. The van der Waals surface area contributed by atoms with Gasteiger partial charge in [-0.2, -0.15) is 0 Å². The summed E-state index contributed by atoms with van der Waals surface area (Å²) in [5.74, 6) is -1.01. The van der Waals surface area contributed by atoms with E-state index in [1.165, 1.54) is 10.5 Å². The van der Waals surface area contributed by atoms with Crippen molar-refractivity contribution in [1.82, 2.24) is 9.88 Å². The van der Waals surface area contributed by atoms with Gasteiger partial charge in [-0.05, 0) is 86.1 Å². The van der Waals surface area contributed by atoms with Gasteiger partial charge < -0.3 is 4.57 Å². The quantitative estimate of drug-likeness (QED) is 0.331. The summed E-state index contributed by atoms with van der Waals surface area (Å²) >= 11 is 11.3. The Morgan fingerprint density at radius 2 is 1.75 bits per heavy atom. The van der Waals surface area contributed by atoms with Crippen molar-refractivity contribution in [2.45, 2.75) is 27.2 Å². The number of carbonyl (C=O) groups excluding carboxylic acids is 2. The van der Waals surface area contributed by atoms with Crippen LogP contribution in [0, 0.1) is 13.8 Å². The molecule has 162 valence electrons. The summed E-state index contributed by atoms with van der Waals surface area (Å²) in [5, 5.41) is 3.11. The van der Waals surface area contributed by atoms with Crippen molar-refractivity contribution in [1.29, 1.82) is 0 Å². The summed E-state index contributed by atoms with van der Waals surface area (Å²) in [4.78, 5) is 27.2. The number of carbonyl (C=O) groups is 2. The minimum absolute atomic E-state index is 0.0140. The number of nitrogens with zero attached hydrogens (tertiary/aromatic N) is 2. The first kappa shape index (κ1) is 22.0. The van der Waals surface area contributed by atoms with Crippen molar-refractivity contribution in [2.24, 2.45) is 0 Å². The van der Waals surface area contributed by atoms with Gasteiger partial charge in [0.2, 0.25) is 0 Å². The van der Waals surface area contributed by atoms with Crippen LogP contribution in [0.25, 0.3) is 11.8 Å². The first-order valence-corrected chi connectivity index (χ1v) is 11.0. The highest BCUT2D eigenvalue weighted by molar-refractivity contribution is 7.80. The standard InChI is InChI=1S/C25H22ClN3O2S/c1-4-17-8-10-20(11-9-17)28-15(2)12-18(16(28)3)13-22-23(30)27-25(32)29(24(22)31)21-7-5-6-19(26)14-21/h5-14H,4H2,1-3H3,(H,27,30,32)/b22-13+. The second-order valence-corrected chi connectivity index (χ2v) is 8.44. The molecular formula is C25H22ClN3O2S. The van der Waals surface area contributed by atoms with Crippen molar-refractivity contribution >= 4 is 52.5 Å². The van der Waals surface area contributed by atoms with Crippen molar-refractivity contribution in [3.63, 3.8) is 0 Å². The lowest BCUT2D eigenvalue weighted by Crippen LogP contribution is -2.54. The molecule has 1 saturated heterocycles. The van der Waals surface area contributed by atoms with E-state index in [4.69, 9.17) is 23.8 Å². The van der Waals surface area contributed by atoms with Crippen LogP contribution in [0.5, 0.6) is 0 Å². The van der Waals surface area contributed by atoms with Gasteiger partial charge in [-0.25, -0.2) is 0 Å². The SMILES string of the molecule is CCc1ccc(-n2c(C)cc(/C=C3\C(=O)NC(=S)N(c4cccc(Cl)c4)C3=O)c2C)cc1. The summed E-state index contributed by atoms with van der Waals surface area (Å²) in [6.45, 7) is 6.09. The number of hydrogen-bond donors (Lipinski definition) is 1. The topological polar surface area (TPSA) is 54.3 Å². The van der Waals surface area contributed by atoms with E-state index in [9.17, 15) is 9.59 Å². The van der Waals surface area contributed by atoms with E-state index < -0.39 is 11.8 Å². The van der Waals surface area contributed by atoms with Crippen LogP contribution in [-0.4, -0.2) is 21.5 Å². The van der Waals surface area contributed by atoms with E-state index in [1.54, 1.807) is 30.3 Å². The summed E-state index contributed by atoms with van der Waals surface area (Å²) in [6.07, 6.45) is 2.60. The zero-order chi connectivity index (χ0) is 23.0. The van der Waals surface area contributed by atoms with Crippen LogP contribution in [-0.2, 0) is 16.0 Å². The minimum atomic E-state index is -0.518. The van der Waals surface area contributed by atoms with Crippen LogP contribution in [0.3, 0.4) is 0 Å². The first-order valence-electron chi connectivity index (χ1n) is 10.3. The third-order valence-electron chi connectivity index (χ3n) is 5.54. The molecule has 0 bridgehead atoms. The molecule has 0 saturated carbocycles. The zero-order valence-electron chi connectivity index (χ0n) is 18.0. The molecule has 1 N–H and O–H groups in total. The van der Waals surface area contributed by atoms with Crippen molar-refractivity contribution < 1.29 is 9.59 Å². The Morgan fingerprint density at radius 1 is 1.03 bits per heavy atom. The molecule has 5 nitrogen and oxygen atoms in total. The summed E-state index contributed by atoms with van der Waals surface area (Å²) < 4.78 is 2.11. The molecule has 2 heterocycles. The number of hydrogen-bond acceptors (Lipinski definition) is 3. The molecule has 1 aromatic heterocycles. The van der Waals surface area contributed by atoms with Crippen molar-refractivity contribution in [3.8, 4) is 5.69 Å². The molecule has 0 unspecified atom stereocenters. The smallest absolute Gasteiger partial charge is 0.270 e. The van der Waals surface area contributed by atoms with E-state index in [-0.39, 0.29) is 10.7 Å². The molecule has 0 radical (unpaired) electrons. The highest BCUT2D eigenvalue weighted by Crippen LogP contribution is 2.27. The van der Waals surface area contributed by atoms with E-state index >= 15 is 0 Å². The number of nitrogens with one attached hydrogen (secondary N) is 1. The number of halogens is 1. The molecule has 4 rings (SSSR count). The molecule has 0 atom stereocenters. The second kappa shape index (κ2) is 8.73. The molecule has 0 spiro atoms. The molecule has 2 amide bonds. The van der Waals surface area contributed by atoms with Crippen LogP contribution in [0.15, 0.2) is 60.2 Å². The highest BCUT2D eigenvalue weighted by Gasteiger charge is 2.34. The number of amides is 2. The van der Waals surface area contributed by atoms with Crippen LogP contribution in [0.4, 0.5) is 5.69 Å². The lowest BCUT2D eigenvalue weighted by atomic mass is 10.1. The zero-order valence-corrected chi connectivity index (χ0v) is 19.6. The summed E-state index contributed by atoms with van der Waals surface area (Å²) in [7, 11) is 0. The molecule has 2 aromatic carbocycles. The maximum atomic E-state index is 13.3. The average molecular weight is 464 g/mol. The van der Waals surface area contributed by atoms with Crippen molar-refractivity contribution in [3.05, 3.63) is 87.7 Å². The normalized spacial score (nSPS) is 15.4. The van der Waals surface area contributed by atoms with Gasteiger partial charge in [0.15, 0.2) is 5.11 Å². The first-order chi connectivity index (χ1) is 15.3. The average Bonchev–Trinajstić information content (AvgIpc) is 3.04. The van der Waals surface area contributed by atoms with Crippen LogP contribution in [0.1, 0.15) is 29.4 Å². The Balaban J connectivity index is 1.74. The van der Waals surface area contributed by atoms with Gasteiger partial charge in [-0.3, -0.25) is 19.8 Å². The van der Waals surface area contributed by atoms with Gasteiger partial charge in [-0.1, -0.05) is 36.7 Å². The second-order valence-electron chi connectivity index (χ2n) is 7.62. The van der Waals surface area contributed by atoms with E-state index in [0.717, 1.165) is 29.1 Å². The molecule has 3 aromatic rings. The fraction of sp³-hybridized carbons (Fsp3) is 0.160. The van der Waals surface area contributed by atoms with E-state index in [1.807, 2.05) is 19.9 Å². The fourth-order valence-corrected chi connectivity index (χ4v) is 4.34. The number of aryl methyl sites for hydroxylation is 2. The van der Waals surface area contributed by atoms with Gasteiger partial charge in [-0.15, -0.1) is 0 Å². The molecule has 1 aliphatic rings. The number of rotatable bonds is 4. The lowest BCUT2D eigenvalue weighted by molar-refractivity contribution is -0.122. The molecule has 7 heteroatoms. The summed E-state index contributed by atoms with van der Waals surface area (Å²) in [6, 6.07) is 17.1. The largest absolute Gasteiger partial charge is 0.318 e. The Bertz CT molecular complexity index is 1270. The molecule has 1 aliphatic heterocycles. The van der Waals surface area contributed by atoms with E-state index in [2.05, 4.69) is 41.1 Å². The highest BCUT2D eigenvalue weighted by atomic mass is 35.5. The predicted molar refractivity (Wildman–Crippen MR) is 132 cm³/mol. The predicted octanol–water partition coefficient (Wildman–Crippen LogP) is 5.14. The van der Waals surface area contributed by atoms with Gasteiger partial charge in [0, 0.05) is 22.1 Å². The third kappa shape index (κ3) is 3.99. The van der Waals surface area contributed by atoms with Crippen LogP contribution >= 0.6 is 23.8 Å². The molecule has 0 aliphatic carbocycles. The number of aromatic nitrogens is 1. The maximum absolute atomic E-state index is 13.3. The monoisotopic (exact) mass is 463 g/mol. The maximum Gasteiger partial charge on any atom is 0.270 e. The Labute approximate surface area is 197 Å². The third-order valence-corrected chi connectivity index (χ3v) is 6.06. The molecular weight excluding hydrogens is 442 g/mol. The number of benzene rings is 2. The van der Waals surface area contributed by atoms with Crippen LogP contribution < -0.4 is 10.2 Å². The Hall–Kier alpha value is -3.22. The van der Waals surface area contributed by atoms with Gasteiger partial charge in [0.25, 0.3) is 11.8 Å². The van der Waals surface area contributed by atoms with E-state index in [0.29, 0.717) is 10.7 Å². The molecule has 32 heavy (non-hydrogen) atoms. The fourth-order valence-electron chi connectivity index (χ4n) is 3.87. The lowest BCUT2D eigenvalue weighted by Gasteiger charge is -2.29.